The van der Waals surface area contributed by atoms with Crippen LogP contribution in [0.4, 0.5) is 0 Å². The van der Waals surface area contributed by atoms with E-state index in [0.29, 0.717) is 11.6 Å². The fourth-order valence-corrected chi connectivity index (χ4v) is 12.4. The van der Waals surface area contributed by atoms with Crippen LogP contribution < -0.4 is 0 Å². The van der Waals surface area contributed by atoms with Crippen molar-refractivity contribution >= 4 is 0 Å². The Bertz CT molecular complexity index is 5510. The second-order valence-corrected chi connectivity index (χ2v) is 24.4. The zero-order chi connectivity index (χ0) is 68.2. The second-order valence-electron chi connectivity index (χ2n) is 24.4. The molecule has 0 bridgehead atoms. The average molecular weight is 1310 g/mol. The number of nitrogens with zero attached hydrogens (tertiary/aromatic N) is 10. The summed E-state index contributed by atoms with van der Waals surface area (Å²) >= 11 is 0. The largest absolute Gasteiger partial charge is 0.254 e. The first kappa shape index (κ1) is 62.8. The SMILES string of the molecule is c1ccc(-c2cc(-c3ccc(-c4cc(-c5ccccc5)nc(-c5ccccc5)n4)cn3)nc(-c3ncccc3-c3ccccc3)c2)cc1.c1ccc(-c2cc(-c3ccccc3)nc(-c3cc(-c4ccccc4)cc(-c4ccc(-c5cc(-c6ccccc6)nc(-c6ccccc6)n5)cn4)n3)c2)cc1. The molecule has 10 nitrogen and oxygen atoms in total. The lowest BCUT2D eigenvalue weighted by molar-refractivity contribution is 1.17. The predicted molar refractivity (Wildman–Crippen MR) is 412 cm³/mol. The van der Waals surface area contributed by atoms with Gasteiger partial charge in [0.1, 0.15) is 0 Å². The second kappa shape index (κ2) is 29.4. The molecule has 0 aliphatic heterocycles. The standard InChI is InChI=1S/C49H33N5.C43H29N5/c1-6-16-34(17-7-1)40-28-43(36-20-10-3-11-21-36)51-47(30-40)48-31-41(35-18-8-2-9-19-35)29-46(52-48)42-27-26-39(33-50-42)45-32-44(37-22-12-4-13-23-37)53-49(54-45)38-24-14-5-15-25-38;1-5-14-30(15-6-1)35-26-40(46-41(27-35)42-36(22-13-25-44-42)31-16-7-2-8-17-31)37-24-23-34(29-45-37)39-28-38(32-18-9-3-10-19-32)47-43(48-39)33-20-11-4-12-21-33/h1-33H;1-29H. The number of hydrogen-bond donors (Lipinski definition) is 0. The molecule has 480 valence electrons. The Labute approximate surface area is 592 Å². The Morgan fingerprint density at radius 2 is 0.422 bits per heavy atom. The van der Waals surface area contributed by atoms with E-state index in [4.69, 9.17) is 49.8 Å². The molecule has 0 amide bonds. The third-order valence-corrected chi connectivity index (χ3v) is 17.6. The Balaban J connectivity index is 0.000000159. The first-order chi connectivity index (χ1) is 50.5. The Hall–Kier alpha value is -14.0. The highest BCUT2D eigenvalue weighted by molar-refractivity contribution is 5.85. The molecule has 102 heavy (non-hydrogen) atoms. The van der Waals surface area contributed by atoms with Gasteiger partial charge in [0.25, 0.3) is 0 Å². The molecule has 0 radical (unpaired) electrons. The van der Waals surface area contributed by atoms with Gasteiger partial charge >= 0.3 is 0 Å². The van der Waals surface area contributed by atoms with E-state index in [2.05, 4.69) is 164 Å². The van der Waals surface area contributed by atoms with Gasteiger partial charge in [-0.3, -0.25) is 15.0 Å². The van der Waals surface area contributed by atoms with Crippen molar-refractivity contribution in [3.05, 3.63) is 377 Å². The maximum atomic E-state index is 5.23. The maximum Gasteiger partial charge on any atom is 0.160 e. The predicted octanol–water partition coefficient (Wildman–Crippen LogP) is 22.3. The van der Waals surface area contributed by atoms with Gasteiger partial charge in [-0.1, -0.05) is 279 Å². The van der Waals surface area contributed by atoms with Crippen LogP contribution in [0, 0.1) is 0 Å². The molecule has 17 rings (SSSR count). The summed E-state index contributed by atoms with van der Waals surface area (Å²) in [5.41, 5.74) is 25.7. The normalized spacial score (nSPS) is 10.9. The maximum absolute atomic E-state index is 5.23. The molecule has 9 aromatic carbocycles. The van der Waals surface area contributed by atoms with E-state index >= 15 is 0 Å². The van der Waals surface area contributed by atoms with Crippen LogP contribution in [-0.4, -0.2) is 49.8 Å². The van der Waals surface area contributed by atoms with Crippen LogP contribution in [0.1, 0.15) is 0 Å². The summed E-state index contributed by atoms with van der Waals surface area (Å²) in [6.07, 6.45) is 5.56. The fraction of sp³-hybridized carbons (Fsp3) is 0. The minimum absolute atomic E-state index is 0.665. The lowest BCUT2D eigenvalue weighted by atomic mass is 9.98. The monoisotopic (exact) mass is 1310 g/mol. The summed E-state index contributed by atoms with van der Waals surface area (Å²) in [4.78, 5) is 50.1. The highest BCUT2D eigenvalue weighted by Crippen LogP contribution is 2.38. The van der Waals surface area contributed by atoms with Crippen molar-refractivity contribution in [3.8, 4) is 169 Å². The van der Waals surface area contributed by atoms with E-state index in [1.807, 2.05) is 213 Å². The molecule has 0 saturated heterocycles. The number of aromatic nitrogens is 10. The highest BCUT2D eigenvalue weighted by atomic mass is 14.9. The Morgan fingerprint density at radius 3 is 0.775 bits per heavy atom. The molecule has 8 heterocycles. The number of rotatable bonds is 15. The zero-order valence-corrected chi connectivity index (χ0v) is 55.3. The third kappa shape index (κ3) is 14.2. The van der Waals surface area contributed by atoms with Crippen LogP contribution in [0.25, 0.3) is 169 Å². The highest BCUT2D eigenvalue weighted by Gasteiger charge is 2.19. The summed E-state index contributed by atoms with van der Waals surface area (Å²) in [6, 6.07) is 121. The van der Waals surface area contributed by atoms with Gasteiger partial charge in [-0.15, -0.1) is 0 Å². The van der Waals surface area contributed by atoms with E-state index in [1.165, 1.54) is 0 Å². The minimum atomic E-state index is 0.665. The first-order valence-corrected chi connectivity index (χ1v) is 33.7. The molecule has 0 saturated carbocycles. The van der Waals surface area contributed by atoms with Gasteiger partial charge in [0.2, 0.25) is 0 Å². The van der Waals surface area contributed by atoms with Crippen molar-refractivity contribution in [1.29, 1.82) is 0 Å². The molecule has 0 aliphatic carbocycles. The van der Waals surface area contributed by atoms with E-state index in [0.717, 1.165) is 157 Å². The molecule has 17 aromatic rings. The summed E-state index contributed by atoms with van der Waals surface area (Å²) < 4.78 is 0. The van der Waals surface area contributed by atoms with E-state index in [9.17, 15) is 0 Å². The van der Waals surface area contributed by atoms with Crippen molar-refractivity contribution in [1.82, 2.24) is 49.8 Å². The van der Waals surface area contributed by atoms with E-state index in [-0.39, 0.29) is 0 Å². The molecule has 0 aliphatic rings. The van der Waals surface area contributed by atoms with Gasteiger partial charge in [0, 0.05) is 63.1 Å². The van der Waals surface area contributed by atoms with Gasteiger partial charge in [0.05, 0.1) is 74.0 Å². The number of hydrogen-bond acceptors (Lipinski definition) is 10. The Kier molecular flexibility index (Phi) is 18.1. The molecule has 0 spiro atoms. The van der Waals surface area contributed by atoms with Crippen LogP contribution in [0.3, 0.4) is 0 Å². The van der Waals surface area contributed by atoms with Crippen molar-refractivity contribution in [2.75, 3.05) is 0 Å². The van der Waals surface area contributed by atoms with Gasteiger partial charge < -0.3 is 0 Å². The molecule has 0 fully saturated rings. The van der Waals surface area contributed by atoms with Crippen molar-refractivity contribution in [2.45, 2.75) is 0 Å². The van der Waals surface area contributed by atoms with Gasteiger partial charge in [-0.25, -0.2) is 34.9 Å². The minimum Gasteiger partial charge on any atom is -0.254 e. The van der Waals surface area contributed by atoms with E-state index in [1.54, 1.807) is 0 Å². The van der Waals surface area contributed by atoms with Crippen LogP contribution in [-0.2, 0) is 0 Å². The molecule has 0 atom stereocenters. The zero-order valence-electron chi connectivity index (χ0n) is 55.3. The smallest absolute Gasteiger partial charge is 0.160 e. The summed E-state index contributed by atoms with van der Waals surface area (Å²) in [5.74, 6) is 1.33. The van der Waals surface area contributed by atoms with Gasteiger partial charge in [-0.2, -0.15) is 0 Å². The van der Waals surface area contributed by atoms with Crippen molar-refractivity contribution in [2.24, 2.45) is 0 Å². The number of benzene rings is 9. The lowest BCUT2D eigenvalue weighted by Crippen LogP contribution is -1.98. The number of pyridine rings is 6. The van der Waals surface area contributed by atoms with Crippen LogP contribution in [0.15, 0.2) is 377 Å². The quantitative estimate of drug-likeness (QED) is 0.0978. The Morgan fingerprint density at radius 1 is 0.147 bits per heavy atom. The van der Waals surface area contributed by atoms with Gasteiger partial charge in [-0.05, 0) is 118 Å². The van der Waals surface area contributed by atoms with Gasteiger partial charge in [0.15, 0.2) is 11.6 Å². The van der Waals surface area contributed by atoms with E-state index < -0.39 is 0 Å². The summed E-state index contributed by atoms with van der Waals surface area (Å²) in [5, 5.41) is 0. The summed E-state index contributed by atoms with van der Waals surface area (Å²) in [6.45, 7) is 0. The molecule has 8 aromatic heterocycles. The molecule has 0 unspecified atom stereocenters. The molecule has 10 heteroatoms. The lowest BCUT2D eigenvalue weighted by Gasteiger charge is -2.13. The topological polar surface area (TPSA) is 129 Å². The van der Waals surface area contributed by atoms with Crippen molar-refractivity contribution < 1.29 is 0 Å². The molecule has 0 N–H and O–H groups in total. The van der Waals surface area contributed by atoms with Crippen LogP contribution in [0.2, 0.25) is 0 Å². The molecular formula is C92H62N10. The fourth-order valence-electron chi connectivity index (χ4n) is 12.4. The van der Waals surface area contributed by atoms with Crippen LogP contribution in [0.5, 0.6) is 0 Å². The first-order valence-electron chi connectivity index (χ1n) is 33.7. The van der Waals surface area contributed by atoms with Crippen molar-refractivity contribution in [3.63, 3.8) is 0 Å². The summed E-state index contributed by atoms with van der Waals surface area (Å²) in [7, 11) is 0. The third-order valence-electron chi connectivity index (χ3n) is 17.6. The molecular weight excluding hydrogens is 1250 g/mol. The average Bonchev–Trinajstić information content (AvgIpc) is 0.793. The van der Waals surface area contributed by atoms with Crippen LogP contribution >= 0.6 is 0 Å².